The van der Waals surface area contributed by atoms with Gasteiger partial charge in [0.2, 0.25) is 5.91 Å². The van der Waals surface area contributed by atoms with Crippen molar-refractivity contribution in [3.8, 4) is 5.75 Å². The smallest absolute Gasteiger partial charge is 0.286 e. The van der Waals surface area contributed by atoms with Crippen molar-refractivity contribution in [2.24, 2.45) is 0 Å². The molecule has 1 fully saturated rings. The molecule has 29 heavy (non-hydrogen) atoms. The number of amides is 2. The van der Waals surface area contributed by atoms with Crippen LogP contribution >= 0.6 is 11.8 Å². The zero-order valence-electron chi connectivity index (χ0n) is 16.3. The fourth-order valence-electron chi connectivity index (χ4n) is 2.92. The summed E-state index contributed by atoms with van der Waals surface area (Å²) in [6.45, 7) is 3.80. The molecule has 2 amide bonds. The Morgan fingerprint density at radius 3 is 2.52 bits per heavy atom. The summed E-state index contributed by atoms with van der Waals surface area (Å²) in [5.41, 5.74) is 2.75. The van der Waals surface area contributed by atoms with Crippen LogP contribution in [0.2, 0.25) is 0 Å². The second-order valence-corrected chi connectivity index (χ2v) is 7.88. The molecule has 1 aliphatic heterocycles. The Morgan fingerprint density at radius 1 is 1.21 bits per heavy atom. The number of carbonyl (C=O) groups excluding carboxylic acids is 2. The van der Waals surface area contributed by atoms with Crippen LogP contribution < -0.4 is 10.1 Å². The molecule has 1 saturated heterocycles. The molecule has 3 rings (SSSR count). The van der Waals surface area contributed by atoms with Gasteiger partial charge in [0, 0.05) is 17.5 Å². The summed E-state index contributed by atoms with van der Waals surface area (Å²) < 4.78 is 11.4. The van der Waals surface area contributed by atoms with Crippen molar-refractivity contribution in [3.63, 3.8) is 0 Å². The van der Waals surface area contributed by atoms with E-state index in [-0.39, 0.29) is 17.8 Å². The molecule has 2 heterocycles. The third-order valence-electron chi connectivity index (χ3n) is 4.46. The Labute approximate surface area is 173 Å². The van der Waals surface area contributed by atoms with E-state index in [1.54, 1.807) is 13.1 Å². The van der Waals surface area contributed by atoms with Gasteiger partial charge in [-0.1, -0.05) is 36.9 Å². The van der Waals surface area contributed by atoms with Gasteiger partial charge in [-0.05, 0) is 43.5 Å². The van der Waals surface area contributed by atoms with Crippen molar-refractivity contribution >= 4 is 22.9 Å². The van der Waals surface area contributed by atoms with Crippen molar-refractivity contribution in [1.82, 2.24) is 10.3 Å². The predicted molar refractivity (Wildman–Crippen MR) is 110 cm³/mol. The second-order valence-electron chi connectivity index (χ2n) is 6.70. The molecule has 154 valence electrons. The highest BCUT2D eigenvalue weighted by atomic mass is 32.2. The Balaban J connectivity index is 1.60. The number of pyridine rings is 1. The van der Waals surface area contributed by atoms with Crippen LogP contribution in [-0.4, -0.2) is 39.4 Å². The predicted octanol–water partition coefficient (Wildman–Crippen LogP) is 3.01. The number of aliphatic hydroxyl groups is 1. The maximum absolute atomic E-state index is 11.7. The fraction of sp³-hybridized carbons (Fsp3) is 0.381. The number of aliphatic hydroxyl groups excluding tert-OH is 1. The van der Waals surface area contributed by atoms with Gasteiger partial charge in [0.25, 0.3) is 5.24 Å². The number of imide groups is 1. The van der Waals surface area contributed by atoms with E-state index in [0.29, 0.717) is 12.2 Å². The molecule has 1 aliphatic rings. The first kappa shape index (κ1) is 21.3. The first-order valence-electron chi connectivity index (χ1n) is 9.46. The maximum Gasteiger partial charge on any atom is 0.286 e. The average molecular weight is 416 g/mol. The summed E-state index contributed by atoms with van der Waals surface area (Å²) in [4.78, 5) is 27.3. The van der Waals surface area contributed by atoms with E-state index in [9.17, 15) is 14.7 Å². The number of carbonyl (C=O) groups is 2. The number of thioether (sulfide) groups is 1. The Hall–Kier alpha value is -2.42. The van der Waals surface area contributed by atoms with Gasteiger partial charge in [-0.3, -0.25) is 19.9 Å². The average Bonchev–Trinajstić information content (AvgIpc) is 3.03. The summed E-state index contributed by atoms with van der Waals surface area (Å²) in [6.07, 6.45) is 1.67. The van der Waals surface area contributed by atoms with Gasteiger partial charge in [0.1, 0.15) is 18.5 Å². The quantitative estimate of drug-likeness (QED) is 0.607. The minimum Gasteiger partial charge on any atom is -0.491 e. The van der Waals surface area contributed by atoms with E-state index in [1.165, 1.54) is 0 Å². The van der Waals surface area contributed by atoms with Crippen LogP contribution in [0.5, 0.6) is 5.75 Å². The van der Waals surface area contributed by atoms with Crippen LogP contribution in [0.4, 0.5) is 4.79 Å². The SMILES string of the molecule is CCc1ccc([C@@H](COc2ccc(CC3SC(=O)NC3=O)cc2)OC(C)O)cn1. The minimum atomic E-state index is -0.936. The zero-order chi connectivity index (χ0) is 20.8. The summed E-state index contributed by atoms with van der Waals surface area (Å²) in [6, 6.07) is 11.2. The molecule has 0 bridgehead atoms. The van der Waals surface area contributed by atoms with Crippen molar-refractivity contribution in [3.05, 3.63) is 59.4 Å². The van der Waals surface area contributed by atoms with Crippen LogP contribution in [0.25, 0.3) is 0 Å². The van der Waals surface area contributed by atoms with Gasteiger partial charge in [-0.25, -0.2) is 0 Å². The van der Waals surface area contributed by atoms with Crippen LogP contribution in [-0.2, 0) is 22.4 Å². The number of aromatic nitrogens is 1. The molecule has 0 saturated carbocycles. The number of nitrogens with one attached hydrogen (secondary N) is 1. The lowest BCUT2D eigenvalue weighted by Gasteiger charge is -2.20. The van der Waals surface area contributed by atoms with E-state index in [0.717, 1.165) is 35.0 Å². The van der Waals surface area contributed by atoms with E-state index >= 15 is 0 Å². The zero-order valence-corrected chi connectivity index (χ0v) is 17.1. The molecule has 0 radical (unpaired) electrons. The lowest BCUT2D eigenvalue weighted by Crippen LogP contribution is -2.25. The van der Waals surface area contributed by atoms with Crippen LogP contribution in [0, 0.1) is 0 Å². The van der Waals surface area contributed by atoms with E-state index in [1.807, 2.05) is 43.3 Å². The Bertz CT molecular complexity index is 839. The third-order valence-corrected chi connectivity index (χ3v) is 5.44. The summed E-state index contributed by atoms with van der Waals surface area (Å²) in [7, 11) is 0. The number of nitrogens with zero attached hydrogens (tertiary/aromatic N) is 1. The highest BCUT2D eigenvalue weighted by Gasteiger charge is 2.31. The van der Waals surface area contributed by atoms with E-state index in [4.69, 9.17) is 9.47 Å². The van der Waals surface area contributed by atoms with Crippen LogP contribution in [0.1, 0.15) is 36.8 Å². The largest absolute Gasteiger partial charge is 0.491 e. The summed E-state index contributed by atoms with van der Waals surface area (Å²) in [5.74, 6) is 0.395. The van der Waals surface area contributed by atoms with E-state index < -0.39 is 17.6 Å². The number of aryl methyl sites for hydroxylation is 1. The first-order valence-corrected chi connectivity index (χ1v) is 10.3. The number of rotatable bonds is 9. The lowest BCUT2D eigenvalue weighted by atomic mass is 10.1. The molecular weight excluding hydrogens is 392 g/mol. The fourth-order valence-corrected chi connectivity index (χ4v) is 3.78. The van der Waals surface area contributed by atoms with Gasteiger partial charge in [0.05, 0.1) is 5.25 Å². The molecule has 0 spiro atoms. The van der Waals surface area contributed by atoms with Gasteiger partial charge in [-0.15, -0.1) is 0 Å². The highest BCUT2D eigenvalue weighted by molar-refractivity contribution is 8.15. The number of hydrogen-bond donors (Lipinski definition) is 2. The minimum absolute atomic E-state index is 0.215. The molecule has 7 nitrogen and oxygen atoms in total. The normalized spacial score (nSPS) is 18.4. The standard InChI is InChI=1S/C21H24N2O5S/c1-3-16-7-6-15(11-22-16)18(28-13(2)24)12-27-17-8-4-14(5-9-17)10-19-20(25)23-21(26)29-19/h4-9,11,13,18-19,24H,3,10,12H2,1-2H3,(H,23,25,26)/t13?,18-,19?/m1/s1. The lowest BCUT2D eigenvalue weighted by molar-refractivity contribution is -0.135. The number of ether oxygens (including phenoxy) is 2. The topological polar surface area (TPSA) is 97.8 Å². The monoisotopic (exact) mass is 416 g/mol. The Morgan fingerprint density at radius 2 is 1.97 bits per heavy atom. The van der Waals surface area contributed by atoms with Crippen LogP contribution in [0.3, 0.4) is 0 Å². The molecule has 1 aromatic heterocycles. The second kappa shape index (κ2) is 9.87. The number of hydrogen-bond acceptors (Lipinski definition) is 7. The molecule has 2 N–H and O–H groups in total. The maximum atomic E-state index is 11.7. The van der Waals surface area contributed by atoms with Crippen LogP contribution in [0.15, 0.2) is 42.6 Å². The summed E-state index contributed by atoms with van der Waals surface area (Å²) >= 11 is 1.02. The van der Waals surface area contributed by atoms with Crippen molar-refractivity contribution in [2.45, 2.75) is 44.3 Å². The van der Waals surface area contributed by atoms with Gasteiger partial charge in [0.15, 0.2) is 6.29 Å². The molecule has 3 atom stereocenters. The van der Waals surface area contributed by atoms with Crippen molar-refractivity contribution < 1.29 is 24.2 Å². The van der Waals surface area contributed by atoms with Gasteiger partial charge in [-0.2, -0.15) is 0 Å². The third kappa shape index (κ3) is 6.03. The first-order chi connectivity index (χ1) is 13.9. The van der Waals surface area contributed by atoms with E-state index in [2.05, 4.69) is 10.3 Å². The molecule has 8 heteroatoms. The molecule has 1 aromatic carbocycles. The summed E-state index contributed by atoms with van der Waals surface area (Å²) in [5, 5.41) is 11.2. The van der Waals surface area contributed by atoms with Crippen molar-refractivity contribution in [2.75, 3.05) is 6.61 Å². The molecule has 2 aromatic rings. The van der Waals surface area contributed by atoms with Crippen molar-refractivity contribution in [1.29, 1.82) is 0 Å². The van der Waals surface area contributed by atoms with Gasteiger partial charge >= 0.3 is 0 Å². The van der Waals surface area contributed by atoms with Gasteiger partial charge < -0.3 is 14.6 Å². The highest BCUT2D eigenvalue weighted by Crippen LogP contribution is 2.25. The molecule has 2 unspecified atom stereocenters. The Kier molecular flexibility index (Phi) is 7.24. The molecular formula is C21H24N2O5S. The molecule has 0 aliphatic carbocycles. The number of benzene rings is 1.